The summed E-state index contributed by atoms with van der Waals surface area (Å²) in [6.45, 7) is 4.75. The second kappa shape index (κ2) is 13.0. The van der Waals surface area contributed by atoms with Crippen molar-refractivity contribution in [3.05, 3.63) is 99.8 Å². The number of benzene rings is 3. The molecule has 0 aliphatic heterocycles. The molecule has 11 heteroatoms. The lowest BCUT2D eigenvalue weighted by Crippen LogP contribution is -2.56. The molecule has 0 saturated heterocycles. The number of halogens is 3. The lowest BCUT2D eigenvalue weighted by molar-refractivity contribution is -0.140. The first-order chi connectivity index (χ1) is 18.6. The first-order valence-electron chi connectivity index (χ1n) is 12.5. The SMILES string of the molecule is CC(C)(C)NC(=O)[C@@H](Cc1ccccc1)N(Cc1ccc(F)cc1)C(=O)CN(c1cc(Cl)ccc1Cl)S(C)(=O)=O. The molecule has 0 aliphatic rings. The van der Waals surface area contributed by atoms with Gasteiger partial charge in [-0.25, -0.2) is 12.8 Å². The molecule has 0 heterocycles. The van der Waals surface area contributed by atoms with Crippen LogP contribution in [0.4, 0.5) is 10.1 Å². The summed E-state index contributed by atoms with van der Waals surface area (Å²) < 4.78 is 40.3. The largest absolute Gasteiger partial charge is 0.350 e. The fourth-order valence-electron chi connectivity index (χ4n) is 4.07. The molecule has 3 aromatic carbocycles. The zero-order chi connectivity index (χ0) is 29.7. The van der Waals surface area contributed by atoms with Gasteiger partial charge in [0.2, 0.25) is 21.8 Å². The summed E-state index contributed by atoms with van der Waals surface area (Å²) in [4.78, 5) is 29.0. The van der Waals surface area contributed by atoms with Crippen LogP contribution in [0.5, 0.6) is 0 Å². The average molecular weight is 609 g/mol. The molecule has 2 amide bonds. The number of carbonyl (C=O) groups excluding carboxylic acids is 2. The van der Waals surface area contributed by atoms with Crippen molar-refractivity contribution in [2.45, 2.75) is 45.3 Å². The Labute approximate surface area is 244 Å². The summed E-state index contributed by atoms with van der Waals surface area (Å²) >= 11 is 12.4. The molecule has 0 saturated carbocycles. The van der Waals surface area contributed by atoms with Crippen molar-refractivity contribution < 1.29 is 22.4 Å². The molecule has 0 fully saturated rings. The number of amides is 2. The Morgan fingerprint density at radius 3 is 2.15 bits per heavy atom. The van der Waals surface area contributed by atoms with Crippen molar-refractivity contribution in [1.29, 1.82) is 0 Å². The van der Waals surface area contributed by atoms with E-state index in [-0.39, 0.29) is 28.7 Å². The Bertz CT molecular complexity index is 1450. The third-order valence-electron chi connectivity index (χ3n) is 5.89. The predicted octanol–water partition coefficient (Wildman–Crippen LogP) is 5.45. The maximum absolute atomic E-state index is 14.0. The van der Waals surface area contributed by atoms with Crippen molar-refractivity contribution >= 4 is 50.7 Å². The Hall–Kier alpha value is -3.14. The van der Waals surface area contributed by atoms with Gasteiger partial charge in [-0.15, -0.1) is 0 Å². The van der Waals surface area contributed by atoms with E-state index in [4.69, 9.17) is 23.2 Å². The number of anilines is 1. The maximum Gasteiger partial charge on any atom is 0.244 e. The predicted molar refractivity (Wildman–Crippen MR) is 157 cm³/mol. The van der Waals surface area contributed by atoms with Crippen LogP contribution >= 0.6 is 23.2 Å². The van der Waals surface area contributed by atoms with E-state index >= 15 is 0 Å². The first kappa shape index (κ1) is 31.4. The molecular formula is C29H32Cl2FN3O4S. The van der Waals surface area contributed by atoms with E-state index in [1.165, 1.54) is 47.4 Å². The van der Waals surface area contributed by atoms with Crippen LogP contribution in [0.15, 0.2) is 72.8 Å². The van der Waals surface area contributed by atoms with Crippen molar-refractivity contribution in [1.82, 2.24) is 10.2 Å². The number of nitrogens with one attached hydrogen (secondary N) is 1. The molecule has 40 heavy (non-hydrogen) atoms. The average Bonchev–Trinajstić information content (AvgIpc) is 2.86. The number of sulfonamides is 1. The minimum absolute atomic E-state index is 0.0329. The molecule has 0 radical (unpaired) electrons. The van der Waals surface area contributed by atoms with Crippen molar-refractivity contribution in [2.24, 2.45) is 0 Å². The normalized spacial score (nSPS) is 12.5. The van der Waals surface area contributed by atoms with Gasteiger partial charge in [0.25, 0.3) is 0 Å². The van der Waals surface area contributed by atoms with E-state index in [0.717, 1.165) is 16.1 Å². The third-order valence-corrected chi connectivity index (χ3v) is 7.57. The van der Waals surface area contributed by atoms with Gasteiger partial charge in [-0.05, 0) is 62.2 Å². The van der Waals surface area contributed by atoms with E-state index in [0.29, 0.717) is 5.56 Å². The van der Waals surface area contributed by atoms with Gasteiger partial charge in [0, 0.05) is 23.5 Å². The maximum atomic E-state index is 14.0. The number of hydrogen-bond donors (Lipinski definition) is 1. The van der Waals surface area contributed by atoms with E-state index in [1.807, 2.05) is 51.1 Å². The second-order valence-electron chi connectivity index (χ2n) is 10.5. The van der Waals surface area contributed by atoms with Gasteiger partial charge >= 0.3 is 0 Å². The Morgan fingerprint density at radius 1 is 0.950 bits per heavy atom. The summed E-state index contributed by atoms with van der Waals surface area (Å²) in [5.41, 5.74) is 0.781. The zero-order valence-electron chi connectivity index (χ0n) is 22.7. The number of rotatable bonds is 10. The number of nitrogens with zero attached hydrogens (tertiary/aromatic N) is 2. The molecule has 3 rings (SSSR count). The van der Waals surface area contributed by atoms with Gasteiger partial charge < -0.3 is 10.2 Å². The van der Waals surface area contributed by atoms with Crippen LogP contribution in [0.25, 0.3) is 0 Å². The topological polar surface area (TPSA) is 86.8 Å². The highest BCUT2D eigenvalue weighted by atomic mass is 35.5. The van der Waals surface area contributed by atoms with Gasteiger partial charge in [0.05, 0.1) is 17.0 Å². The molecule has 0 spiro atoms. The number of hydrogen-bond acceptors (Lipinski definition) is 4. The van der Waals surface area contributed by atoms with E-state index in [9.17, 15) is 22.4 Å². The smallest absolute Gasteiger partial charge is 0.244 e. The van der Waals surface area contributed by atoms with Crippen LogP contribution in [0.1, 0.15) is 31.9 Å². The van der Waals surface area contributed by atoms with Crippen molar-refractivity contribution in [3.8, 4) is 0 Å². The lowest BCUT2D eigenvalue weighted by Gasteiger charge is -2.35. The molecule has 214 valence electrons. The van der Waals surface area contributed by atoms with Gasteiger partial charge in [0.1, 0.15) is 18.4 Å². The fourth-order valence-corrected chi connectivity index (χ4v) is 5.35. The van der Waals surface area contributed by atoms with E-state index in [2.05, 4.69) is 5.32 Å². The summed E-state index contributed by atoms with van der Waals surface area (Å²) in [6, 6.07) is 18.0. The van der Waals surface area contributed by atoms with Crippen LogP contribution in [0.2, 0.25) is 10.0 Å². The van der Waals surface area contributed by atoms with Crippen molar-refractivity contribution in [2.75, 3.05) is 17.1 Å². The van der Waals surface area contributed by atoms with Gasteiger partial charge in [-0.1, -0.05) is 65.7 Å². The molecule has 3 aromatic rings. The highest BCUT2D eigenvalue weighted by Gasteiger charge is 2.34. The molecule has 0 aliphatic carbocycles. The van der Waals surface area contributed by atoms with E-state index in [1.54, 1.807) is 0 Å². The Balaban J connectivity index is 2.09. The minimum atomic E-state index is -4.01. The van der Waals surface area contributed by atoms with Crippen LogP contribution in [0, 0.1) is 5.82 Å². The zero-order valence-corrected chi connectivity index (χ0v) is 25.0. The van der Waals surface area contributed by atoms with Crippen LogP contribution < -0.4 is 9.62 Å². The second-order valence-corrected chi connectivity index (χ2v) is 13.2. The molecule has 0 bridgehead atoms. The van der Waals surface area contributed by atoms with Crippen LogP contribution in [0.3, 0.4) is 0 Å². The van der Waals surface area contributed by atoms with E-state index < -0.39 is 45.8 Å². The summed E-state index contributed by atoms with van der Waals surface area (Å²) in [6.07, 6.45) is 1.11. The fraction of sp³-hybridized carbons (Fsp3) is 0.310. The Kier molecular flexibility index (Phi) is 10.2. The molecular weight excluding hydrogens is 576 g/mol. The Morgan fingerprint density at radius 2 is 1.57 bits per heavy atom. The summed E-state index contributed by atoms with van der Waals surface area (Å²) in [7, 11) is -4.01. The molecule has 1 atom stereocenters. The molecule has 0 unspecified atom stereocenters. The van der Waals surface area contributed by atoms with Gasteiger partial charge in [0.15, 0.2) is 0 Å². The summed E-state index contributed by atoms with van der Waals surface area (Å²) in [5, 5.41) is 3.25. The van der Waals surface area contributed by atoms with Crippen LogP contribution in [-0.4, -0.2) is 49.5 Å². The molecule has 0 aromatic heterocycles. The highest BCUT2D eigenvalue weighted by molar-refractivity contribution is 7.92. The number of carbonyl (C=O) groups is 2. The lowest BCUT2D eigenvalue weighted by atomic mass is 10.0. The highest BCUT2D eigenvalue weighted by Crippen LogP contribution is 2.31. The monoisotopic (exact) mass is 607 g/mol. The first-order valence-corrected chi connectivity index (χ1v) is 15.1. The molecule has 7 nitrogen and oxygen atoms in total. The third kappa shape index (κ3) is 8.94. The van der Waals surface area contributed by atoms with Crippen molar-refractivity contribution in [3.63, 3.8) is 0 Å². The standard InChI is InChI=1S/C29H32Cl2FN3O4S/c1-29(2,3)33-28(37)26(16-20-8-6-5-7-9-20)34(18-21-10-13-23(32)14-11-21)27(36)19-35(40(4,38)39)25-17-22(30)12-15-24(25)31/h5-15,17,26H,16,18-19H2,1-4H3,(H,33,37)/t26-/m1/s1. The quantitative estimate of drug-likeness (QED) is 0.332. The van der Waals surface area contributed by atoms with Crippen LogP contribution in [-0.2, 0) is 32.6 Å². The summed E-state index contributed by atoms with van der Waals surface area (Å²) in [5.74, 6) is -1.53. The van der Waals surface area contributed by atoms with Gasteiger partial charge in [-0.2, -0.15) is 0 Å². The van der Waals surface area contributed by atoms with Gasteiger partial charge in [-0.3, -0.25) is 13.9 Å². The molecule has 1 N–H and O–H groups in total. The minimum Gasteiger partial charge on any atom is -0.350 e.